The van der Waals surface area contributed by atoms with Crippen molar-refractivity contribution in [1.82, 2.24) is 9.97 Å². The summed E-state index contributed by atoms with van der Waals surface area (Å²) in [5, 5.41) is 19.4. The second-order valence-corrected chi connectivity index (χ2v) is 3.76. The van der Waals surface area contributed by atoms with Crippen LogP contribution in [0.2, 0.25) is 0 Å². The third kappa shape index (κ3) is 2.21. The van der Waals surface area contributed by atoms with Gasteiger partial charge in [0.15, 0.2) is 0 Å². The van der Waals surface area contributed by atoms with Crippen LogP contribution < -0.4 is 4.90 Å². The predicted octanol–water partition coefficient (Wildman–Crippen LogP) is -0.270. The van der Waals surface area contributed by atoms with Crippen molar-refractivity contribution >= 4 is 17.5 Å². The molecule has 8 heteroatoms. The number of anilines is 1. The zero-order valence-electron chi connectivity index (χ0n) is 8.81. The number of nitrogens with zero attached hydrogens (tertiary/aromatic N) is 4. The number of amides is 1. The van der Waals surface area contributed by atoms with Crippen LogP contribution in [0.4, 0.5) is 11.6 Å². The third-order valence-electron chi connectivity index (χ3n) is 2.54. The van der Waals surface area contributed by atoms with Crippen LogP contribution in [-0.2, 0) is 4.79 Å². The van der Waals surface area contributed by atoms with E-state index in [4.69, 9.17) is 5.11 Å². The molecule has 2 rings (SSSR count). The molecule has 1 aliphatic rings. The molecular weight excluding hydrogens is 228 g/mol. The molecule has 0 aromatic carbocycles. The molecule has 0 aliphatic carbocycles. The smallest absolute Gasteiger partial charge is 0.305 e. The topological polar surface area (TPSA) is 109 Å². The maximum atomic E-state index is 11.6. The van der Waals surface area contributed by atoms with E-state index in [9.17, 15) is 14.9 Å². The summed E-state index contributed by atoms with van der Waals surface area (Å²) in [6.07, 6.45) is 2.36. The van der Waals surface area contributed by atoms with Gasteiger partial charge in [0.25, 0.3) is 0 Å². The molecule has 0 spiro atoms. The molecule has 1 atom stereocenters. The van der Waals surface area contributed by atoms with Crippen molar-refractivity contribution in [2.45, 2.75) is 6.42 Å². The first kappa shape index (κ1) is 11.4. The molecule has 1 fully saturated rings. The minimum Gasteiger partial charge on any atom is -0.396 e. The van der Waals surface area contributed by atoms with E-state index in [2.05, 4.69) is 9.97 Å². The van der Waals surface area contributed by atoms with Gasteiger partial charge in [-0.3, -0.25) is 19.8 Å². The van der Waals surface area contributed by atoms with E-state index < -0.39 is 4.92 Å². The van der Waals surface area contributed by atoms with Gasteiger partial charge in [-0.15, -0.1) is 0 Å². The van der Waals surface area contributed by atoms with Gasteiger partial charge in [0.2, 0.25) is 11.9 Å². The predicted molar refractivity (Wildman–Crippen MR) is 56.2 cm³/mol. The van der Waals surface area contributed by atoms with E-state index in [1.165, 1.54) is 4.90 Å². The minimum absolute atomic E-state index is 0.0742. The van der Waals surface area contributed by atoms with E-state index in [1.54, 1.807) is 0 Å². The van der Waals surface area contributed by atoms with Crippen LogP contribution in [0.25, 0.3) is 0 Å². The van der Waals surface area contributed by atoms with Crippen molar-refractivity contribution in [3.63, 3.8) is 0 Å². The molecule has 1 amide bonds. The highest BCUT2D eigenvalue weighted by atomic mass is 16.6. The largest absolute Gasteiger partial charge is 0.396 e. The highest BCUT2D eigenvalue weighted by Crippen LogP contribution is 2.22. The Morgan fingerprint density at radius 2 is 2.18 bits per heavy atom. The van der Waals surface area contributed by atoms with Crippen molar-refractivity contribution in [3.05, 3.63) is 22.5 Å². The number of hydrogen-bond donors (Lipinski definition) is 1. The fraction of sp³-hybridized carbons (Fsp3) is 0.444. The number of aliphatic hydroxyl groups excluding tert-OH is 1. The number of carbonyl (C=O) groups excluding carboxylic acids is 1. The van der Waals surface area contributed by atoms with Crippen LogP contribution in [0.1, 0.15) is 6.42 Å². The normalized spacial score (nSPS) is 19.7. The lowest BCUT2D eigenvalue weighted by Gasteiger charge is -2.12. The van der Waals surface area contributed by atoms with Gasteiger partial charge in [-0.2, -0.15) is 0 Å². The summed E-state index contributed by atoms with van der Waals surface area (Å²) in [5.74, 6) is -0.171. The van der Waals surface area contributed by atoms with Gasteiger partial charge in [-0.1, -0.05) is 0 Å². The molecule has 2 heterocycles. The summed E-state index contributed by atoms with van der Waals surface area (Å²) in [4.78, 5) is 30.2. The van der Waals surface area contributed by atoms with Gasteiger partial charge in [-0.05, 0) is 0 Å². The first-order valence-electron chi connectivity index (χ1n) is 4.99. The quantitative estimate of drug-likeness (QED) is 0.573. The summed E-state index contributed by atoms with van der Waals surface area (Å²) in [6.45, 7) is 0.266. The maximum absolute atomic E-state index is 11.6. The number of carbonyl (C=O) groups is 1. The van der Waals surface area contributed by atoms with Gasteiger partial charge in [0, 0.05) is 25.5 Å². The lowest BCUT2D eigenvalue weighted by atomic mass is 10.1. The first-order chi connectivity index (χ1) is 8.11. The molecule has 1 aliphatic heterocycles. The van der Waals surface area contributed by atoms with E-state index in [0.29, 0.717) is 6.54 Å². The summed E-state index contributed by atoms with van der Waals surface area (Å²) in [7, 11) is 0. The zero-order valence-corrected chi connectivity index (χ0v) is 8.81. The molecule has 0 saturated carbocycles. The molecule has 90 valence electrons. The van der Waals surface area contributed by atoms with Crippen molar-refractivity contribution < 1.29 is 14.8 Å². The number of hydrogen-bond acceptors (Lipinski definition) is 6. The van der Waals surface area contributed by atoms with Gasteiger partial charge in [-0.25, -0.2) is 9.97 Å². The molecular formula is C9H10N4O4. The zero-order chi connectivity index (χ0) is 12.4. The minimum atomic E-state index is -0.605. The molecule has 1 saturated heterocycles. The summed E-state index contributed by atoms with van der Waals surface area (Å²) in [6, 6.07) is 0. The highest BCUT2D eigenvalue weighted by Gasteiger charge is 2.31. The van der Waals surface area contributed by atoms with Gasteiger partial charge >= 0.3 is 5.69 Å². The molecule has 1 aromatic rings. The van der Waals surface area contributed by atoms with Crippen LogP contribution in [-0.4, -0.2) is 39.1 Å². The Morgan fingerprint density at radius 3 is 2.65 bits per heavy atom. The molecule has 1 unspecified atom stereocenters. The lowest BCUT2D eigenvalue weighted by Crippen LogP contribution is -2.26. The van der Waals surface area contributed by atoms with Gasteiger partial charge < -0.3 is 5.11 Å². The fourth-order valence-electron chi connectivity index (χ4n) is 1.65. The van der Waals surface area contributed by atoms with Crippen LogP contribution >= 0.6 is 0 Å². The van der Waals surface area contributed by atoms with Crippen LogP contribution in [0.5, 0.6) is 0 Å². The van der Waals surface area contributed by atoms with Crippen LogP contribution in [0.15, 0.2) is 12.4 Å². The second-order valence-electron chi connectivity index (χ2n) is 3.76. The number of aromatic nitrogens is 2. The monoisotopic (exact) mass is 238 g/mol. The molecule has 17 heavy (non-hydrogen) atoms. The van der Waals surface area contributed by atoms with E-state index in [0.717, 1.165) is 12.4 Å². The van der Waals surface area contributed by atoms with Crippen molar-refractivity contribution in [2.24, 2.45) is 5.92 Å². The highest BCUT2D eigenvalue weighted by molar-refractivity contribution is 5.94. The van der Waals surface area contributed by atoms with Crippen LogP contribution in [0, 0.1) is 16.0 Å². The number of nitro groups is 1. The second kappa shape index (κ2) is 4.42. The van der Waals surface area contributed by atoms with Crippen LogP contribution in [0.3, 0.4) is 0 Å². The Hall–Kier alpha value is -2.09. The Bertz CT molecular complexity index is 447. The number of aliphatic hydroxyl groups is 1. The molecule has 0 radical (unpaired) electrons. The first-order valence-corrected chi connectivity index (χ1v) is 4.99. The Morgan fingerprint density at radius 1 is 1.53 bits per heavy atom. The Balaban J connectivity index is 2.18. The van der Waals surface area contributed by atoms with E-state index in [1.807, 2.05) is 0 Å². The molecule has 1 aromatic heterocycles. The lowest BCUT2D eigenvalue weighted by molar-refractivity contribution is -0.385. The van der Waals surface area contributed by atoms with Gasteiger partial charge in [0.05, 0.1) is 4.92 Å². The van der Waals surface area contributed by atoms with Crippen molar-refractivity contribution in [1.29, 1.82) is 0 Å². The SMILES string of the molecule is O=C1CC(CO)CN1c1ncc([N+](=O)[O-])cn1. The summed E-state index contributed by atoms with van der Waals surface area (Å²) < 4.78 is 0. The average molecular weight is 238 g/mol. The maximum Gasteiger partial charge on any atom is 0.305 e. The van der Waals surface area contributed by atoms with E-state index in [-0.39, 0.29) is 36.5 Å². The van der Waals surface area contributed by atoms with Gasteiger partial charge in [0.1, 0.15) is 12.4 Å². The third-order valence-corrected chi connectivity index (χ3v) is 2.54. The molecule has 1 N–H and O–H groups in total. The summed E-state index contributed by atoms with van der Waals surface area (Å²) in [5.41, 5.74) is -0.223. The molecule has 0 bridgehead atoms. The van der Waals surface area contributed by atoms with E-state index >= 15 is 0 Å². The molecule has 8 nitrogen and oxygen atoms in total. The average Bonchev–Trinajstić information content (AvgIpc) is 2.71. The van der Waals surface area contributed by atoms with Crippen molar-refractivity contribution in [3.8, 4) is 0 Å². The standard InChI is InChI=1S/C9H10N4O4/c14-5-6-1-8(15)12(4-6)9-10-2-7(3-11-9)13(16)17/h2-3,6,14H,1,4-5H2. The summed E-state index contributed by atoms with van der Waals surface area (Å²) >= 11 is 0. The Kier molecular flexibility index (Phi) is 2.96. The fourth-order valence-corrected chi connectivity index (χ4v) is 1.65. The number of rotatable bonds is 3. The van der Waals surface area contributed by atoms with Crippen molar-refractivity contribution in [2.75, 3.05) is 18.1 Å². The Labute approximate surface area is 96.1 Å².